The lowest BCUT2D eigenvalue weighted by molar-refractivity contribution is 0.669. The molecule has 0 aliphatic carbocycles. The summed E-state index contributed by atoms with van der Waals surface area (Å²) in [6, 6.07) is 40.5. The molecule has 0 bridgehead atoms. The molecule has 9 aromatic rings. The summed E-state index contributed by atoms with van der Waals surface area (Å²) in [5, 5.41) is 4.01. The summed E-state index contributed by atoms with van der Waals surface area (Å²) in [5.41, 5.74) is 10.3. The Hall–Kier alpha value is -5.40. The Morgan fingerprint density at radius 1 is 0.283 bits per heavy atom. The van der Waals surface area contributed by atoms with E-state index < -0.39 is 0 Å². The first kappa shape index (κ1) is 33.4. The van der Waals surface area contributed by atoms with E-state index in [1.807, 2.05) is 72.8 Å². The summed E-state index contributed by atoms with van der Waals surface area (Å²) in [6.07, 6.45) is 0. The van der Waals surface area contributed by atoms with Gasteiger partial charge in [-0.3, -0.25) is 0 Å². The number of furan rings is 1. The smallest absolute Gasteiger partial charge is 0.136 e. The summed E-state index contributed by atoms with van der Waals surface area (Å²) in [5.74, 6) is 0. The van der Waals surface area contributed by atoms with Gasteiger partial charge in [-0.05, 0) is 78.2 Å². The van der Waals surface area contributed by atoms with Gasteiger partial charge in [-0.2, -0.15) is 0 Å². The van der Waals surface area contributed by atoms with Gasteiger partial charge in [0.15, 0.2) is 0 Å². The van der Waals surface area contributed by atoms with Crippen molar-refractivity contribution in [3.05, 3.63) is 121 Å². The Morgan fingerprint density at radius 2 is 0.679 bits per heavy atom. The molecular formula is C44H20B8O. The lowest BCUT2D eigenvalue weighted by Crippen LogP contribution is -2.50. The lowest BCUT2D eigenvalue weighted by Gasteiger charge is -2.28. The summed E-state index contributed by atoms with van der Waals surface area (Å²) >= 11 is 0. The molecule has 0 amide bonds. The van der Waals surface area contributed by atoms with Gasteiger partial charge in [0.05, 0.1) is 0 Å². The van der Waals surface area contributed by atoms with Crippen molar-refractivity contribution in [3.8, 4) is 44.5 Å². The van der Waals surface area contributed by atoms with E-state index in [0.29, 0.717) is 38.3 Å². The Kier molecular flexibility index (Phi) is 7.97. The van der Waals surface area contributed by atoms with E-state index in [4.69, 9.17) is 67.2 Å². The number of benzene rings is 8. The quantitative estimate of drug-likeness (QED) is 0.211. The van der Waals surface area contributed by atoms with Crippen LogP contribution in [0.3, 0.4) is 0 Å². The molecule has 0 N–H and O–H groups in total. The van der Waals surface area contributed by atoms with Crippen LogP contribution in [0.15, 0.2) is 126 Å². The molecule has 0 fully saturated rings. The third-order valence-electron chi connectivity index (χ3n) is 10.5. The Bertz CT molecular complexity index is 2870. The van der Waals surface area contributed by atoms with Gasteiger partial charge in [0.2, 0.25) is 0 Å². The number of para-hydroxylation sites is 1. The van der Waals surface area contributed by atoms with Crippen molar-refractivity contribution in [2.45, 2.75) is 0 Å². The van der Waals surface area contributed by atoms with Crippen LogP contribution in [0.1, 0.15) is 0 Å². The molecule has 1 heterocycles. The molecule has 0 spiro atoms. The highest BCUT2D eigenvalue weighted by Crippen LogP contribution is 2.45. The molecule has 226 valence electrons. The fraction of sp³-hybridized carbons (Fsp3) is 0. The second kappa shape index (κ2) is 12.6. The first-order valence-corrected chi connectivity index (χ1v) is 17.1. The first-order chi connectivity index (χ1) is 25.7. The number of fused-ring (bicyclic) bond motifs is 5. The maximum Gasteiger partial charge on any atom is 0.136 e. The van der Waals surface area contributed by atoms with Crippen LogP contribution in [0, 0.1) is 0 Å². The predicted molar refractivity (Wildman–Crippen MR) is 234 cm³/mol. The third-order valence-corrected chi connectivity index (χ3v) is 10.5. The molecule has 1 nitrogen and oxygen atoms in total. The summed E-state index contributed by atoms with van der Waals surface area (Å²) in [6.45, 7) is 0. The normalized spacial score (nSPS) is 11.6. The fourth-order valence-electron chi connectivity index (χ4n) is 7.80. The maximum absolute atomic E-state index is 6.99. The SMILES string of the molecule is [B]c1c([B])c([B])c2c(-c3cccc4oc5ccccc5c34)c3c([B])c([B])c([B])c([B])c3c(-c3ccc(-c4ccc(-c5ccccc5)cc4)cc3)c2c1[B]. The van der Waals surface area contributed by atoms with Crippen molar-refractivity contribution < 1.29 is 4.42 Å². The zero-order chi connectivity index (χ0) is 36.7. The van der Waals surface area contributed by atoms with E-state index in [1.54, 1.807) is 0 Å². The Morgan fingerprint density at radius 3 is 1.19 bits per heavy atom. The molecule has 0 aliphatic heterocycles. The largest absolute Gasteiger partial charge is 0.456 e. The Labute approximate surface area is 318 Å². The van der Waals surface area contributed by atoms with Crippen LogP contribution in [-0.2, 0) is 0 Å². The standard InChI is InChI=1S/C44H20B8O/c45-37-33-30(25-19-17-24(18-20-25)23-15-13-22(14-16-23)21-7-2-1-3-8-21)34-36(40(48)44(52)42(50)38(34)46)32(35(33)39(47)43(51)41(37)49)27-10-6-12-29-31(27)26-9-4-5-11-28(26)53-29/h1-20H. The van der Waals surface area contributed by atoms with Crippen LogP contribution in [0.4, 0.5) is 0 Å². The molecule has 0 aliphatic rings. The van der Waals surface area contributed by atoms with E-state index in [0.717, 1.165) is 49.7 Å². The molecule has 9 rings (SSSR count). The van der Waals surface area contributed by atoms with Gasteiger partial charge in [0.1, 0.15) is 73.9 Å². The van der Waals surface area contributed by atoms with Crippen molar-refractivity contribution in [2.75, 3.05) is 0 Å². The highest BCUT2D eigenvalue weighted by Gasteiger charge is 2.26. The molecule has 0 saturated heterocycles. The van der Waals surface area contributed by atoms with Gasteiger partial charge in [-0.15, -0.1) is 21.9 Å². The van der Waals surface area contributed by atoms with Crippen molar-refractivity contribution >= 4 is 150 Å². The molecule has 0 saturated carbocycles. The van der Waals surface area contributed by atoms with Crippen molar-refractivity contribution in [2.24, 2.45) is 0 Å². The van der Waals surface area contributed by atoms with E-state index >= 15 is 0 Å². The van der Waals surface area contributed by atoms with E-state index in [-0.39, 0.29) is 43.7 Å². The minimum Gasteiger partial charge on any atom is -0.456 e. The molecule has 8 aromatic carbocycles. The molecule has 0 unspecified atom stereocenters. The first-order valence-electron chi connectivity index (χ1n) is 17.1. The van der Waals surface area contributed by atoms with Gasteiger partial charge in [0, 0.05) is 10.8 Å². The van der Waals surface area contributed by atoms with Gasteiger partial charge in [0.25, 0.3) is 0 Å². The molecule has 16 radical (unpaired) electrons. The molecule has 53 heavy (non-hydrogen) atoms. The highest BCUT2D eigenvalue weighted by molar-refractivity contribution is 6.71. The summed E-state index contributed by atoms with van der Waals surface area (Å²) < 4.78 is 6.30. The average Bonchev–Trinajstić information content (AvgIpc) is 3.59. The average molecular weight is 651 g/mol. The van der Waals surface area contributed by atoms with Crippen LogP contribution >= 0.6 is 0 Å². The molecule has 9 heteroatoms. The maximum atomic E-state index is 6.99. The van der Waals surface area contributed by atoms with E-state index in [2.05, 4.69) is 48.5 Å². The number of hydrogen-bond donors (Lipinski definition) is 0. The van der Waals surface area contributed by atoms with E-state index in [1.165, 1.54) is 0 Å². The minimum atomic E-state index is 0.162. The molecule has 0 atom stereocenters. The monoisotopic (exact) mass is 652 g/mol. The summed E-state index contributed by atoms with van der Waals surface area (Å²) in [4.78, 5) is 0. The second-order valence-electron chi connectivity index (χ2n) is 13.4. The summed E-state index contributed by atoms with van der Waals surface area (Å²) in [7, 11) is 54.4. The zero-order valence-electron chi connectivity index (χ0n) is 28.6. The second-order valence-corrected chi connectivity index (χ2v) is 13.4. The highest BCUT2D eigenvalue weighted by atomic mass is 16.3. The van der Waals surface area contributed by atoms with Crippen molar-refractivity contribution in [1.29, 1.82) is 0 Å². The number of rotatable bonds is 4. The van der Waals surface area contributed by atoms with Crippen LogP contribution in [0.25, 0.3) is 88.0 Å². The Balaban J connectivity index is 1.38. The fourth-order valence-corrected chi connectivity index (χ4v) is 7.80. The van der Waals surface area contributed by atoms with Gasteiger partial charge in [-0.25, -0.2) is 0 Å². The molecular weight excluding hydrogens is 631 g/mol. The van der Waals surface area contributed by atoms with Crippen molar-refractivity contribution in [3.63, 3.8) is 0 Å². The van der Waals surface area contributed by atoms with Crippen LogP contribution in [0.2, 0.25) is 0 Å². The van der Waals surface area contributed by atoms with Gasteiger partial charge < -0.3 is 4.42 Å². The number of hydrogen-bond acceptors (Lipinski definition) is 1. The molecule has 1 aromatic heterocycles. The van der Waals surface area contributed by atoms with Crippen LogP contribution in [-0.4, -0.2) is 62.8 Å². The lowest BCUT2D eigenvalue weighted by atomic mass is 9.59. The van der Waals surface area contributed by atoms with Crippen LogP contribution in [0.5, 0.6) is 0 Å². The minimum absolute atomic E-state index is 0.162. The van der Waals surface area contributed by atoms with Gasteiger partial charge in [-0.1, -0.05) is 131 Å². The predicted octanol–water partition coefficient (Wildman–Crippen LogP) is 2.91. The zero-order valence-corrected chi connectivity index (χ0v) is 28.6. The van der Waals surface area contributed by atoms with Crippen LogP contribution < -0.4 is 43.7 Å². The van der Waals surface area contributed by atoms with Gasteiger partial charge >= 0.3 is 0 Å². The third kappa shape index (κ3) is 5.04. The van der Waals surface area contributed by atoms with Crippen molar-refractivity contribution in [1.82, 2.24) is 0 Å². The topological polar surface area (TPSA) is 13.1 Å². The van der Waals surface area contributed by atoms with E-state index in [9.17, 15) is 0 Å².